The second-order valence-electron chi connectivity index (χ2n) is 6.47. The predicted molar refractivity (Wildman–Crippen MR) is 123 cm³/mol. The van der Waals surface area contributed by atoms with Crippen molar-refractivity contribution in [1.82, 2.24) is 14.8 Å². The number of ether oxygens (including phenoxy) is 1. The van der Waals surface area contributed by atoms with E-state index in [0.29, 0.717) is 33.1 Å². The van der Waals surface area contributed by atoms with Crippen LogP contribution in [0.5, 0.6) is 0 Å². The first-order valence-electron chi connectivity index (χ1n) is 9.35. The van der Waals surface area contributed by atoms with Crippen LogP contribution in [-0.2, 0) is 16.1 Å². The van der Waals surface area contributed by atoms with Crippen molar-refractivity contribution in [2.45, 2.75) is 11.7 Å². The molecule has 1 amide bonds. The van der Waals surface area contributed by atoms with Gasteiger partial charge in [-0.1, -0.05) is 23.4 Å². The summed E-state index contributed by atoms with van der Waals surface area (Å²) in [5, 5.41) is 14.2. The lowest BCUT2D eigenvalue weighted by Crippen LogP contribution is -2.16. The van der Waals surface area contributed by atoms with E-state index in [1.807, 2.05) is 28.8 Å². The van der Waals surface area contributed by atoms with Crippen molar-refractivity contribution in [3.05, 3.63) is 69.8 Å². The Morgan fingerprint density at radius 2 is 2.03 bits per heavy atom. The highest BCUT2D eigenvalue weighted by Crippen LogP contribution is 2.27. The summed E-state index contributed by atoms with van der Waals surface area (Å²) >= 11 is 8.44. The number of methoxy groups -OCH3 is 1. The summed E-state index contributed by atoms with van der Waals surface area (Å²) in [5.74, 6) is 0.667. The Bertz CT molecular complexity index is 1220. The van der Waals surface area contributed by atoms with Crippen LogP contribution in [-0.4, -0.2) is 39.5 Å². The third kappa shape index (κ3) is 5.04. The Balaban J connectivity index is 1.52. The lowest BCUT2D eigenvalue weighted by molar-refractivity contribution is -0.113. The molecule has 4 aromatic rings. The molecular formula is C21H17ClN4O4S2. The summed E-state index contributed by atoms with van der Waals surface area (Å²) in [4.78, 5) is 24.7. The minimum absolute atomic E-state index is 0.0768. The molecule has 0 saturated heterocycles. The molecule has 0 aliphatic rings. The highest BCUT2D eigenvalue weighted by molar-refractivity contribution is 7.99. The highest BCUT2D eigenvalue weighted by atomic mass is 35.5. The van der Waals surface area contributed by atoms with Gasteiger partial charge in [-0.15, -0.1) is 21.5 Å². The number of anilines is 1. The lowest BCUT2D eigenvalue weighted by atomic mass is 10.2. The maximum Gasteiger partial charge on any atom is 0.350 e. The van der Waals surface area contributed by atoms with Crippen LogP contribution in [0.3, 0.4) is 0 Å². The quantitative estimate of drug-likeness (QED) is 0.280. The average Bonchev–Trinajstić information content (AvgIpc) is 3.55. The smallest absolute Gasteiger partial charge is 0.350 e. The van der Waals surface area contributed by atoms with E-state index in [4.69, 9.17) is 20.8 Å². The van der Waals surface area contributed by atoms with Crippen molar-refractivity contribution in [2.24, 2.45) is 0 Å². The van der Waals surface area contributed by atoms with Gasteiger partial charge < -0.3 is 14.5 Å². The van der Waals surface area contributed by atoms with Gasteiger partial charge in [0, 0.05) is 10.6 Å². The fourth-order valence-electron chi connectivity index (χ4n) is 2.88. The average molecular weight is 489 g/mol. The zero-order chi connectivity index (χ0) is 22.5. The molecule has 8 nitrogen and oxygen atoms in total. The van der Waals surface area contributed by atoms with Crippen LogP contribution in [0.2, 0.25) is 5.02 Å². The van der Waals surface area contributed by atoms with Gasteiger partial charge in [-0.2, -0.15) is 0 Å². The summed E-state index contributed by atoms with van der Waals surface area (Å²) in [6, 6.07) is 12.6. The number of nitrogens with one attached hydrogen (secondary N) is 1. The zero-order valence-electron chi connectivity index (χ0n) is 16.8. The highest BCUT2D eigenvalue weighted by Gasteiger charge is 2.19. The zero-order valence-corrected chi connectivity index (χ0v) is 19.2. The van der Waals surface area contributed by atoms with Gasteiger partial charge in [0.15, 0.2) is 11.0 Å². The van der Waals surface area contributed by atoms with Crippen molar-refractivity contribution < 1.29 is 18.7 Å². The minimum atomic E-state index is -0.492. The fraction of sp³-hybridized carbons (Fsp3) is 0.143. The Labute approximate surface area is 196 Å². The number of benzene rings is 1. The molecule has 3 heterocycles. The number of carbonyl (C=O) groups is 2. The van der Waals surface area contributed by atoms with Crippen LogP contribution < -0.4 is 5.32 Å². The van der Waals surface area contributed by atoms with Crippen LogP contribution in [0.4, 0.5) is 5.69 Å². The van der Waals surface area contributed by atoms with Crippen LogP contribution in [0.25, 0.3) is 11.4 Å². The molecule has 0 atom stereocenters. The SMILES string of the molecule is COC(=O)c1sccc1NC(=O)CSc1nnc(-c2ccc(Cl)cc2)n1Cc1ccco1. The van der Waals surface area contributed by atoms with Crippen LogP contribution >= 0.6 is 34.7 Å². The summed E-state index contributed by atoms with van der Waals surface area (Å²) < 4.78 is 12.1. The topological polar surface area (TPSA) is 99.2 Å². The van der Waals surface area contributed by atoms with Gasteiger partial charge in [0.1, 0.15) is 10.6 Å². The number of thioether (sulfide) groups is 1. The van der Waals surface area contributed by atoms with E-state index in [0.717, 1.165) is 11.3 Å². The monoisotopic (exact) mass is 488 g/mol. The van der Waals surface area contributed by atoms with Gasteiger partial charge in [-0.25, -0.2) is 4.79 Å². The fourth-order valence-corrected chi connectivity index (χ4v) is 4.51. The second-order valence-corrected chi connectivity index (χ2v) is 8.77. The van der Waals surface area contributed by atoms with Crippen LogP contribution in [0, 0.1) is 0 Å². The van der Waals surface area contributed by atoms with Gasteiger partial charge in [-0.05, 0) is 47.8 Å². The molecule has 0 saturated carbocycles. The van der Waals surface area contributed by atoms with E-state index >= 15 is 0 Å². The Hall–Kier alpha value is -3.08. The van der Waals surface area contributed by atoms with E-state index < -0.39 is 5.97 Å². The van der Waals surface area contributed by atoms with Crippen molar-refractivity contribution in [3.8, 4) is 11.4 Å². The Kier molecular flexibility index (Phi) is 6.93. The molecule has 32 heavy (non-hydrogen) atoms. The molecule has 0 fully saturated rings. The minimum Gasteiger partial charge on any atom is -0.467 e. The number of halogens is 1. The summed E-state index contributed by atoms with van der Waals surface area (Å²) in [5.41, 5.74) is 1.26. The molecular weight excluding hydrogens is 472 g/mol. The number of amides is 1. The molecule has 0 spiro atoms. The van der Waals surface area contributed by atoms with Gasteiger partial charge >= 0.3 is 5.97 Å². The molecule has 1 aromatic carbocycles. The number of nitrogens with zero attached hydrogens (tertiary/aromatic N) is 3. The van der Waals surface area contributed by atoms with Gasteiger partial charge in [-0.3, -0.25) is 9.36 Å². The largest absolute Gasteiger partial charge is 0.467 e. The predicted octanol–water partition coefficient (Wildman–Crippen LogP) is 4.82. The third-order valence-electron chi connectivity index (χ3n) is 4.36. The third-order valence-corrected chi connectivity index (χ3v) is 6.47. The molecule has 4 rings (SSSR count). The summed E-state index contributed by atoms with van der Waals surface area (Å²) in [6.45, 7) is 0.402. The van der Waals surface area contributed by atoms with Gasteiger partial charge in [0.05, 0.1) is 31.4 Å². The van der Waals surface area contributed by atoms with Crippen molar-refractivity contribution in [2.75, 3.05) is 18.2 Å². The van der Waals surface area contributed by atoms with Crippen molar-refractivity contribution in [3.63, 3.8) is 0 Å². The standard InChI is InChI=1S/C21H17ClN4O4S2/c1-29-20(28)18-16(8-10-31-18)23-17(27)12-32-21-25-24-19(13-4-6-14(22)7-5-13)26(21)11-15-3-2-9-30-15/h2-10H,11-12H2,1H3,(H,23,27). The van der Waals surface area contributed by atoms with E-state index in [9.17, 15) is 9.59 Å². The van der Waals surface area contributed by atoms with Gasteiger partial charge in [0.25, 0.3) is 0 Å². The number of esters is 1. The van der Waals surface area contributed by atoms with Crippen LogP contribution in [0.15, 0.2) is 63.7 Å². The maximum absolute atomic E-state index is 12.5. The first-order valence-corrected chi connectivity index (χ1v) is 11.6. The molecule has 11 heteroatoms. The summed E-state index contributed by atoms with van der Waals surface area (Å²) in [6.07, 6.45) is 1.60. The molecule has 164 valence electrons. The maximum atomic E-state index is 12.5. The molecule has 0 aliphatic carbocycles. The molecule has 0 unspecified atom stereocenters. The second kappa shape index (κ2) is 10.0. The molecule has 3 aromatic heterocycles. The molecule has 0 bridgehead atoms. The number of rotatable bonds is 8. The first kappa shape index (κ1) is 22.1. The van der Waals surface area contributed by atoms with E-state index in [-0.39, 0.29) is 11.7 Å². The van der Waals surface area contributed by atoms with E-state index in [1.165, 1.54) is 30.2 Å². The number of thiophene rings is 1. The van der Waals surface area contributed by atoms with Gasteiger partial charge in [0.2, 0.25) is 5.91 Å². The Morgan fingerprint density at radius 1 is 1.22 bits per heavy atom. The normalized spacial score (nSPS) is 10.8. The lowest BCUT2D eigenvalue weighted by Gasteiger charge is -2.09. The van der Waals surface area contributed by atoms with Crippen LogP contribution in [0.1, 0.15) is 15.4 Å². The Morgan fingerprint density at radius 3 is 2.75 bits per heavy atom. The number of aromatic nitrogens is 3. The van der Waals surface area contributed by atoms with Crippen molar-refractivity contribution >= 4 is 52.3 Å². The number of hydrogen-bond donors (Lipinski definition) is 1. The summed E-state index contributed by atoms with van der Waals surface area (Å²) in [7, 11) is 1.30. The number of hydrogen-bond acceptors (Lipinski definition) is 8. The molecule has 0 aliphatic heterocycles. The number of furan rings is 1. The van der Waals surface area contributed by atoms with E-state index in [2.05, 4.69) is 15.5 Å². The van der Waals surface area contributed by atoms with Crippen molar-refractivity contribution in [1.29, 1.82) is 0 Å². The molecule has 0 radical (unpaired) electrons. The molecule has 1 N–H and O–H groups in total. The first-order chi connectivity index (χ1) is 15.5. The number of carbonyl (C=O) groups excluding carboxylic acids is 2. The van der Waals surface area contributed by atoms with E-state index in [1.54, 1.807) is 29.8 Å².